The molecule has 2 atom stereocenters. The van der Waals surface area contributed by atoms with Crippen LogP contribution in [0.4, 0.5) is 5.69 Å². The fourth-order valence-electron chi connectivity index (χ4n) is 3.41. The number of carbonyl (C=O) groups excluding carboxylic acids is 4. The Labute approximate surface area is 189 Å². The lowest BCUT2D eigenvalue weighted by atomic mass is 10.2. The van der Waals surface area contributed by atoms with E-state index in [1.807, 2.05) is 0 Å². The van der Waals surface area contributed by atoms with E-state index < -0.39 is 36.0 Å². The predicted molar refractivity (Wildman–Crippen MR) is 117 cm³/mol. The smallest absolute Gasteiger partial charge is 0.339 e. The van der Waals surface area contributed by atoms with Gasteiger partial charge in [0.05, 0.1) is 23.9 Å². The second kappa shape index (κ2) is 9.35. The van der Waals surface area contributed by atoms with Crippen molar-refractivity contribution >= 4 is 29.4 Å². The lowest BCUT2D eigenvalue weighted by Gasteiger charge is -2.17. The highest BCUT2D eigenvalue weighted by Gasteiger charge is 2.54. The van der Waals surface area contributed by atoms with E-state index >= 15 is 0 Å². The van der Waals surface area contributed by atoms with E-state index in [2.05, 4.69) is 0 Å². The molecule has 0 radical (unpaired) electrons. The highest BCUT2D eigenvalue weighted by atomic mass is 16.6. The van der Waals surface area contributed by atoms with Gasteiger partial charge in [-0.3, -0.25) is 9.59 Å². The molecule has 0 aromatic heterocycles. The van der Waals surface area contributed by atoms with E-state index in [1.54, 1.807) is 54.6 Å². The topological polar surface area (TPSA) is 99.2 Å². The number of amides is 2. The summed E-state index contributed by atoms with van der Waals surface area (Å²) in [5.41, 5.74) is 0.511. The Morgan fingerprint density at radius 3 is 1.55 bits per heavy atom. The molecule has 0 spiro atoms. The number of para-hydroxylation sites is 2. The molecular weight excluding hydrogens is 426 g/mol. The number of benzene rings is 3. The van der Waals surface area contributed by atoms with Crippen LogP contribution in [0.15, 0.2) is 84.9 Å². The van der Waals surface area contributed by atoms with Gasteiger partial charge in [0, 0.05) is 0 Å². The minimum atomic E-state index is -1.66. The van der Waals surface area contributed by atoms with Crippen LogP contribution in [0.2, 0.25) is 0 Å². The molecule has 1 aliphatic rings. The molecule has 0 bridgehead atoms. The van der Waals surface area contributed by atoms with Crippen molar-refractivity contribution in [3.8, 4) is 5.75 Å². The SMILES string of the molecule is COc1ccccc1N1C(=O)[C@@H](OC(=O)c2ccccc2)[C@@H](OC(=O)c2ccccc2)C1=O. The number of methoxy groups -OCH3 is 1. The van der Waals surface area contributed by atoms with Crippen LogP contribution in [0, 0.1) is 0 Å². The maximum atomic E-state index is 13.3. The first kappa shape index (κ1) is 21.8. The van der Waals surface area contributed by atoms with Gasteiger partial charge in [-0.1, -0.05) is 48.5 Å². The standard InChI is InChI=1S/C25H19NO7/c1-31-19-15-9-8-14-18(19)26-22(27)20(32-24(29)16-10-4-2-5-11-16)21(23(26)28)33-25(30)17-12-6-3-7-13-17/h2-15,20-21H,1H3/t20-,21+. The first-order valence-electron chi connectivity index (χ1n) is 10.0. The van der Waals surface area contributed by atoms with Gasteiger partial charge in [-0.05, 0) is 36.4 Å². The van der Waals surface area contributed by atoms with Crippen LogP contribution in [0.3, 0.4) is 0 Å². The van der Waals surface area contributed by atoms with E-state index in [-0.39, 0.29) is 22.6 Å². The van der Waals surface area contributed by atoms with Gasteiger partial charge in [0.15, 0.2) is 0 Å². The molecule has 0 aliphatic carbocycles. The van der Waals surface area contributed by atoms with Crippen LogP contribution in [-0.4, -0.2) is 43.1 Å². The molecule has 0 unspecified atom stereocenters. The summed E-state index contributed by atoms with van der Waals surface area (Å²) in [4.78, 5) is 52.6. The molecular formula is C25H19NO7. The minimum absolute atomic E-state index is 0.147. The van der Waals surface area contributed by atoms with Crippen LogP contribution in [-0.2, 0) is 19.1 Å². The fourth-order valence-corrected chi connectivity index (χ4v) is 3.41. The maximum Gasteiger partial charge on any atom is 0.339 e. The van der Waals surface area contributed by atoms with Crippen LogP contribution in [0.25, 0.3) is 0 Å². The normalized spacial score (nSPS) is 17.5. The molecule has 2 amide bonds. The molecule has 1 saturated heterocycles. The van der Waals surface area contributed by atoms with E-state index in [0.29, 0.717) is 0 Å². The summed E-state index contributed by atoms with van der Waals surface area (Å²) in [6.07, 6.45) is -3.33. The molecule has 1 heterocycles. The minimum Gasteiger partial charge on any atom is -0.495 e. The average Bonchev–Trinajstić information content (AvgIpc) is 3.08. The summed E-state index contributed by atoms with van der Waals surface area (Å²) >= 11 is 0. The molecule has 8 heteroatoms. The third-order valence-electron chi connectivity index (χ3n) is 5.02. The zero-order chi connectivity index (χ0) is 23.4. The second-order valence-corrected chi connectivity index (χ2v) is 7.07. The number of hydrogen-bond donors (Lipinski definition) is 0. The summed E-state index contributed by atoms with van der Waals surface area (Å²) in [6, 6.07) is 22.4. The van der Waals surface area contributed by atoms with E-state index in [0.717, 1.165) is 4.90 Å². The Hall–Kier alpha value is -4.46. The number of imide groups is 1. The predicted octanol–water partition coefficient (Wildman–Crippen LogP) is 3.02. The van der Waals surface area contributed by atoms with Crippen LogP contribution < -0.4 is 9.64 Å². The van der Waals surface area contributed by atoms with Gasteiger partial charge in [0.2, 0.25) is 12.2 Å². The molecule has 4 rings (SSSR count). The monoisotopic (exact) mass is 445 g/mol. The van der Waals surface area contributed by atoms with Crippen molar-refractivity contribution in [2.24, 2.45) is 0 Å². The second-order valence-electron chi connectivity index (χ2n) is 7.07. The lowest BCUT2D eigenvalue weighted by Crippen LogP contribution is -2.37. The molecule has 0 saturated carbocycles. The van der Waals surface area contributed by atoms with Crippen LogP contribution in [0.1, 0.15) is 20.7 Å². The van der Waals surface area contributed by atoms with E-state index in [9.17, 15) is 19.2 Å². The number of esters is 2. The molecule has 3 aromatic rings. The largest absolute Gasteiger partial charge is 0.495 e. The lowest BCUT2D eigenvalue weighted by molar-refractivity contribution is -0.130. The van der Waals surface area contributed by atoms with Crippen molar-refractivity contribution in [2.45, 2.75) is 12.2 Å². The Kier molecular flexibility index (Phi) is 6.17. The molecule has 3 aromatic carbocycles. The molecule has 1 aliphatic heterocycles. The first-order chi connectivity index (χ1) is 16.0. The van der Waals surface area contributed by atoms with Crippen LogP contribution >= 0.6 is 0 Å². The quantitative estimate of drug-likeness (QED) is 0.425. The molecule has 8 nitrogen and oxygen atoms in total. The summed E-state index contributed by atoms with van der Waals surface area (Å²) in [5, 5.41) is 0. The molecule has 33 heavy (non-hydrogen) atoms. The summed E-state index contributed by atoms with van der Waals surface area (Å²) in [5.74, 6) is -3.10. The van der Waals surface area contributed by atoms with Crippen molar-refractivity contribution in [2.75, 3.05) is 12.0 Å². The van der Waals surface area contributed by atoms with E-state index in [4.69, 9.17) is 14.2 Å². The van der Waals surface area contributed by atoms with Crippen molar-refractivity contribution in [3.05, 3.63) is 96.1 Å². The van der Waals surface area contributed by atoms with Gasteiger partial charge in [-0.15, -0.1) is 0 Å². The summed E-state index contributed by atoms with van der Waals surface area (Å²) < 4.78 is 16.0. The Morgan fingerprint density at radius 1 is 0.667 bits per heavy atom. The highest BCUT2D eigenvalue weighted by molar-refractivity contribution is 6.25. The highest BCUT2D eigenvalue weighted by Crippen LogP contribution is 2.34. The first-order valence-corrected chi connectivity index (χ1v) is 10.0. The molecule has 166 valence electrons. The van der Waals surface area contributed by atoms with Gasteiger partial charge in [-0.2, -0.15) is 0 Å². The summed E-state index contributed by atoms with van der Waals surface area (Å²) in [7, 11) is 1.39. The Morgan fingerprint density at radius 2 is 1.09 bits per heavy atom. The third kappa shape index (κ3) is 4.31. The van der Waals surface area contributed by atoms with Gasteiger partial charge < -0.3 is 14.2 Å². The fraction of sp³-hybridized carbons (Fsp3) is 0.120. The number of anilines is 1. The number of carbonyl (C=O) groups is 4. The molecule has 1 fully saturated rings. The average molecular weight is 445 g/mol. The number of ether oxygens (including phenoxy) is 3. The maximum absolute atomic E-state index is 13.3. The number of rotatable bonds is 6. The van der Waals surface area contributed by atoms with Crippen LogP contribution in [0.5, 0.6) is 5.75 Å². The summed E-state index contributed by atoms with van der Waals surface area (Å²) in [6.45, 7) is 0. The van der Waals surface area contributed by atoms with Gasteiger partial charge in [-0.25, -0.2) is 14.5 Å². The number of hydrogen-bond acceptors (Lipinski definition) is 7. The van der Waals surface area contributed by atoms with E-state index in [1.165, 1.54) is 37.4 Å². The van der Waals surface area contributed by atoms with Crippen molar-refractivity contribution in [1.82, 2.24) is 0 Å². The van der Waals surface area contributed by atoms with Gasteiger partial charge in [0.1, 0.15) is 5.75 Å². The van der Waals surface area contributed by atoms with Gasteiger partial charge in [0.25, 0.3) is 11.8 Å². The van der Waals surface area contributed by atoms with Gasteiger partial charge >= 0.3 is 11.9 Å². The molecule has 0 N–H and O–H groups in total. The third-order valence-corrected chi connectivity index (χ3v) is 5.02. The van der Waals surface area contributed by atoms with Crippen molar-refractivity contribution in [1.29, 1.82) is 0 Å². The Balaban J connectivity index is 1.68. The zero-order valence-electron chi connectivity index (χ0n) is 17.5. The zero-order valence-corrected chi connectivity index (χ0v) is 17.5. The van der Waals surface area contributed by atoms with Crippen molar-refractivity contribution < 1.29 is 33.4 Å². The number of nitrogens with zero attached hydrogens (tertiary/aromatic N) is 1. The Bertz CT molecular complexity index is 1120. The van der Waals surface area contributed by atoms with Crippen molar-refractivity contribution in [3.63, 3.8) is 0 Å².